The lowest BCUT2D eigenvalue weighted by molar-refractivity contribution is 0.0673. The lowest BCUT2D eigenvalue weighted by atomic mass is 10.2. The molecule has 2 aromatic rings. The van der Waals surface area contributed by atoms with Gasteiger partial charge in [0.15, 0.2) is 5.01 Å². The van der Waals surface area contributed by atoms with Crippen LogP contribution in [0.4, 0.5) is 0 Å². The third kappa shape index (κ3) is 4.49. The normalized spacial score (nSPS) is 22.4. The summed E-state index contributed by atoms with van der Waals surface area (Å²) in [7, 11) is 2.09. The number of aliphatic hydroxyl groups is 1. The molecule has 4 heterocycles. The summed E-state index contributed by atoms with van der Waals surface area (Å²) in [6.45, 7) is 2.13. The number of likely N-dealkylation sites (N-methyl/N-ethyl adjacent to an activating group) is 1. The summed E-state index contributed by atoms with van der Waals surface area (Å²) in [5, 5.41) is 13.2. The van der Waals surface area contributed by atoms with Crippen LogP contribution in [0.25, 0.3) is 0 Å². The van der Waals surface area contributed by atoms with Crippen LogP contribution in [0.15, 0.2) is 12.1 Å². The fraction of sp³-hybridized carbons (Fsp3) is 0.526. The van der Waals surface area contributed by atoms with E-state index in [0.29, 0.717) is 27.2 Å². The van der Waals surface area contributed by atoms with Crippen LogP contribution in [-0.4, -0.2) is 77.1 Å². The van der Waals surface area contributed by atoms with Gasteiger partial charge in [-0.25, -0.2) is 4.98 Å². The van der Waals surface area contributed by atoms with Gasteiger partial charge in [-0.15, -0.1) is 22.7 Å². The Hall–Kier alpha value is -1.52. The molecule has 1 saturated heterocycles. The first-order valence-electron chi connectivity index (χ1n) is 9.59. The van der Waals surface area contributed by atoms with Crippen molar-refractivity contribution in [3.8, 4) is 0 Å². The van der Waals surface area contributed by atoms with Gasteiger partial charge in [-0.05, 0) is 32.0 Å². The average molecular weight is 455 g/mol. The lowest BCUT2D eigenvalue weighted by Crippen LogP contribution is -2.40. The number of amides is 2. The minimum atomic E-state index is -0.324. The van der Waals surface area contributed by atoms with Crippen molar-refractivity contribution >= 4 is 46.1 Å². The first-order chi connectivity index (χ1) is 13.9. The molecular formula is C19H23ClN4O3S2. The van der Waals surface area contributed by atoms with Gasteiger partial charge in [0.25, 0.3) is 11.8 Å². The maximum atomic E-state index is 13.1. The van der Waals surface area contributed by atoms with Crippen LogP contribution in [0.3, 0.4) is 0 Å². The van der Waals surface area contributed by atoms with Gasteiger partial charge in [-0.2, -0.15) is 0 Å². The molecule has 2 N–H and O–H groups in total. The molecule has 0 aliphatic carbocycles. The molecular weight excluding hydrogens is 432 g/mol. The van der Waals surface area contributed by atoms with E-state index in [4.69, 9.17) is 11.6 Å². The monoisotopic (exact) mass is 454 g/mol. The van der Waals surface area contributed by atoms with Crippen LogP contribution in [0.2, 0.25) is 4.34 Å². The molecule has 2 amide bonds. The number of nitrogens with zero attached hydrogens (tertiary/aromatic N) is 3. The van der Waals surface area contributed by atoms with Gasteiger partial charge >= 0.3 is 0 Å². The van der Waals surface area contributed by atoms with E-state index < -0.39 is 0 Å². The smallest absolute Gasteiger partial charge is 0.283 e. The first-order valence-corrected chi connectivity index (χ1v) is 11.6. The molecule has 156 valence electrons. The number of rotatable bonds is 4. The molecule has 10 heteroatoms. The fourth-order valence-corrected chi connectivity index (χ4v) is 5.82. The summed E-state index contributed by atoms with van der Waals surface area (Å²) in [4.78, 5) is 35.8. The Morgan fingerprint density at radius 1 is 1.31 bits per heavy atom. The highest BCUT2D eigenvalue weighted by Crippen LogP contribution is 2.27. The third-order valence-electron chi connectivity index (χ3n) is 5.43. The number of likely N-dealkylation sites (tertiary alicyclic amines) is 1. The fourth-order valence-electron chi connectivity index (χ4n) is 3.83. The molecule has 2 aliphatic heterocycles. The van der Waals surface area contributed by atoms with Crippen LogP contribution < -0.4 is 5.32 Å². The van der Waals surface area contributed by atoms with Crippen molar-refractivity contribution in [3.63, 3.8) is 0 Å². The Balaban J connectivity index is 1.44. The molecule has 0 radical (unpaired) electrons. The number of carbonyl (C=O) groups is 2. The van der Waals surface area contributed by atoms with Gasteiger partial charge < -0.3 is 20.2 Å². The van der Waals surface area contributed by atoms with E-state index in [0.717, 1.165) is 31.6 Å². The minimum Gasteiger partial charge on any atom is -0.394 e. The Labute approximate surface area is 182 Å². The molecule has 0 spiro atoms. The number of halogens is 1. The van der Waals surface area contributed by atoms with E-state index in [1.165, 1.54) is 27.6 Å². The second-order valence-electron chi connectivity index (χ2n) is 7.50. The van der Waals surface area contributed by atoms with Crippen molar-refractivity contribution in [1.82, 2.24) is 20.1 Å². The zero-order valence-corrected chi connectivity index (χ0v) is 18.4. The van der Waals surface area contributed by atoms with Crippen LogP contribution in [-0.2, 0) is 12.8 Å². The van der Waals surface area contributed by atoms with Crippen LogP contribution in [0, 0.1) is 0 Å². The van der Waals surface area contributed by atoms with Crippen LogP contribution in [0.5, 0.6) is 0 Å². The zero-order chi connectivity index (χ0) is 20.5. The zero-order valence-electron chi connectivity index (χ0n) is 16.1. The molecule has 2 aromatic heterocycles. The quantitative estimate of drug-likeness (QED) is 0.736. The second kappa shape index (κ2) is 8.69. The highest BCUT2D eigenvalue weighted by Gasteiger charge is 2.37. The summed E-state index contributed by atoms with van der Waals surface area (Å²) >= 11 is 8.59. The number of nitrogens with one attached hydrogen (secondary N) is 1. The third-order valence-corrected chi connectivity index (χ3v) is 7.81. The van der Waals surface area contributed by atoms with Crippen molar-refractivity contribution in [2.45, 2.75) is 31.3 Å². The standard InChI is InChI=1S/C19H23ClN4O3S2/c1-23-6-4-13-14(5-7-23)29-18(22-13)19(27)24-9-11(8-12(24)10-25)21-17(26)15-2-3-16(20)28-15/h2-3,11-12,25H,4-10H2,1H3,(H,21,26)/t11?,12-/m0/s1. The van der Waals surface area contributed by atoms with Crippen molar-refractivity contribution in [1.29, 1.82) is 0 Å². The number of fused-ring (bicyclic) bond motifs is 1. The Morgan fingerprint density at radius 2 is 2.10 bits per heavy atom. The van der Waals surface area contributed by atoms with Crippen molar-refractivity contribution in [2.75, 3.05) is 33.3 Å². The van der Waals surface area contributed by atoms with Gasteiger partial charge in [0.1, 0.15) is 0 Å². The van der Waals surface area contributed by atoms with E-state index >= 15 is 0 Å². The molecule has 0 aromatic carbocycles. The summed E-state index contributed by atoms with van der Waals surface area (Å²) in [5.74, 6) is -0.366. The maximum Gasteiger partial charge on any atom is 0.283 e. The lowest BCUT2D eigenvalue weighted by Gasteiger charge is -2.21. The number of hydrogen-bond donors (Lipinski definition) is 2. The maximum absolute atomic E-state index is 13.1. The van der Waals surface area contributed by atoms with Gasteiger partial charge in [0.05, 0.1) is 27.6 Å². The highest BCUT2D eigenvalue weighted by atomic mass is 35.5. The van der Waals surface area contributed by atoms with Gasteiger partial charge in [0.2, 0.25) is 0 Å². The van der Waals surface area contributed by atoms with E-state index in [1.54, 1.807) is 17.0 Å². The Bertz CT molecular complexity index is 890. The molecule has 1 unspecified atom stereocenters. The van der Waals surface area contributed by atoms with E-state index in [1.807, 2.05) is 0 Å². The number of hydrogen-bond acceptors (Lipinski definition) is 7. The number of thiazole rings is 1. The van der Waals surface area contributed by atoms with Crippen molar-refractivity contribution in [2.24, 2.45) is 0 Å². The Morgan fingerprint density at radius 3 is 2.83 bits per heavy atom. The number of carbonyl (C=O) groups excluding carboxylic acids is 2. The number of aliphatic hydroxyl groups excluding tert-OH is 1. The second-order valence-corrected chi connectivity index (χ2v) is 10.3. The SMILES string of the molecule is CN1CCc2nc(C(=O)N3CC(NC(=O)c4ccc(Cl)s4)C[C@H]3CO)sc2CC1. The Kier molecular flexibility index (Phi) is 6.21. The summed E-state index contributed by atoms with van der Waals surface area (Å²) in [6.07, 6.45) is 2.27. The number of aromatic nitrogens is 1. The molecule has 0 bridgehead atoms. The van der Waals surface area contributed by atoms with Gasteiger partial charge in [0, 0.05) is 37.0 Å². The molecule has 29 heavy (non-hydrogen) atoms. The molecule has 2 aliphatic rings. The van der Waals surface area contributed by atoms with Crippen molar-refractivity contribution < 1.29 is 14.7 Å². The predicted molar refractivity (Wildman–Crippen MR) is 114 cm³/mol. The average Bonchev–Trinajstić information content (AvgIpc) is 3.40. The molecule has 4 rings (SSSR count). The molecule has 7 nitrogen and oxygen atoms in total. The summed E-state index contributed by atoms with van der Waals surface area (Å²) in [5.41, 5.74) is 1.02. The van der Waals surface area contributed by atoms with Gasteiger partial charge in [-0.1, -0.05) is 11.6 Å². The predicted octanol–water partition coefficient (Wildman–Crippen LogP) is 1.89. The molecule has 1 fully saturated rings. The molecule has 0 saturated carbocycles. The summed E-state index contributed by atoms with van der Waals surface area (Å²) in [6, 6.07) is 2.83. The van der Waals surface area contributed by atoms with Crippen LogP contribution in [0.1, 0.15) is 36.5 Å². The van der Waals surface area contributed by atoms with E-state index in [9.17, 15) is 14.7 Å². The molecule has 2 atom stereocenters. The largest absolute Gasteiger partial charge is 0.394 e. The van der Waals surface area contributed by atoms with Gasteiger partial charge in [-0.3, -0.25) is 9.59 Å². The first kappa shape index (κ1) is 20.7. The van der Waals surface area contributed by atoms with Crippen molar-refractivity contribution in [3.05, 3.63) is 36.9 Å². The highest BCUT2D eigenvalue weighted by molar-refractivity contribution is 7.18. The minimum absolute atomic E-state index is 0.140. The van der Waals surface area contributed by atoms with Crippen LogP contribution >= 0.6 is 34.3 Å². The summed E-state index contributed by atoms with van der Waals surface area (Å²) < 4.78 is 0.557. The topological polar surface area (TPSA) is 85.8 Å². The van der Waals surface area contributed by atoms with E-state index in [2.05, 4.69) is 22.2 Å². The van der Waals surface area contributed by atoms with E-state index in [-0.39, 0.29) is 30.5 Å². The number of thiophene rings is 1.